The SMILES string of the molecule is CC(C)C1NC(=O)C(C)N(CCc2cscn2)C1=O. The van der Waals surface area contributed by atoms with E-state index >= 15 is 0 Å². The van der Waals surface area contributed by atoms with Gasteiger partial charge in [-0.1, -0.05) is 13.8 Å². The summed E-state index contributed by atoms with van der Waals surface area (Å²) in [6, 6.07) is -0.805. The van der Waals surface area contributed by atoms with Gasteiger partial charge in [0.05, 0.1) is 11.2 Å². The van der Waals surface area contributed by atoms with Gasteiger partial charge in [-0.25, -0.2) is 4.98 Å². The molecule has 2 rings (SSSR count). The van der Waals surface area contributed by atoms with Crippen LogP contribution < -0.4 is 5.32 Å². The summed E-state index contributed by atoms with van der Waals surface area (Å²) in [5.74, 6) is 0.0413. The average Bonchev–Trinajstić information content (AvgIpc) is 2.86. The number of carbonyl (C=O) groups is 2. The predicted molar refractivity (Wildman–Crippen MR) is 73.8 cm³/mol. The molecule has 0 saturated carbocycles. The van der Waals surface area contributed by atoms with Crippen molar-refractivity contribution in [1.29, 1.82) is 0 Å². The van der Waals surface area contributed by atoms with Crippen molar-refractivity contribution in [3.63, 3.8) is 0 Å². The molecule has 0 aliphatic carbocycles. The zero-order valence-electron chi connectivity index (χ0n) is 11.4. The lowest BCUT2D eigenvalue weighted by molar-refractivity contribution is -0.149. The second-order valence-electron chi connectivity index (χ2n) is 5.17. The molecule has 1 aliphatic heterocycles. The number of carbonyl (C=O) groups excluding carboxylic acids is 2. The van der Waals surface area contributed by atoms with Crippen LogP contribution in [0.25, 0.3) is 0 Å². The highest BCUT2D eigenvalue weighted by molar-refractivity contribution is 7.07. The average molecular weight is 281 g/mol. The van der Waals surface area contributed by atoms with Crippen LogP contribution in [0.5, 0.6) is 0 Å². The van der Waals surface area contributed by atoms with Gasteiger partial charge in [-0.3, -0.25) is 9.59 Å². The summed E-state index contributed by atoms with van der Waals surface area (Å²) in [5, 5.41) is 4.77. The molecule has 0 radical (unpaired) electrons. The smallest absolute Gasteiger partial charge is 0.246 e. The van der Waals surface area contributed by atoms with Gasteiger partial charge in [0.1, 0.15) is 12.1 Å². The molecule has 2 amide bonds. The molecule has 2 heterocycles. The van der Waals surface area contributed by atoms with Crippen LogP contribution in [0.1, 0.15) is 26.5 Å². The highest BCUT2D eigenvalue weighted by atomic mass is 32.1. The van der Waals surface area contributed by atoms with Gasteiger partial charge >= 0.3 is 0 Å². The number of aromatic nitrogens is 1. The van der Waals surface area contributed by atoms with Crippen LogP contribution in [-0.2, 0) is 16.0 Å². The third-order valence-corrected chi connectivity index (χ3v) is 4.09. The zero-order valence-corrected chi connectivity index (χ0v) is 12.2. The fraction of sp³-hybridized carbons (Fsp3) is 0.615. The summed E-state index contributed by atoms with van der Waals surface area (Å²) < 4.78 is 0. The van der Waals surface area contributed by atoms with Crippen molar-refractivity contribution in [1.82, 2.24) is 15.2 Å². The summed E-state index contributed by atoms with van der Waals surface area (Å²) in [6.07, 6.45) is 0.692. The second kappa shape index (κ2) is 5.69. The maximum absolute atomic E-state index is 12.4. The Morgan fingerprint density at radius 3 is 2.79 bits per heavy atom. The molecule has 1 saturated heterocycles. The Balaban J connectivity index is 2.07. The number of amides is 2. The lowest BCUT2D eigenvalue weighted by Crippen LogP contribution is -2.64. The van der Waals surface area contributed by atoms with Crippen LogP contribution in [0.2, 0.25) is 0 Å². The van der Waals surface area contributed by atoms with E-state index in [9.17, 15) is 9.59 Å². The Hall–Kier alpha value is -1.43. The number of nitrogens with one attached hydrogen (secondary N) is 1. The lowest BCUT2D eigenvalue weighted by atomic mass is 9.98. The van der Waals surface area contributed by atoms with Crippen molar-refractivity contribution >= 4 is 23.2 Å². The Morgan fingerprint density at radius 2 is 2.21 bits per heavy atom. The van der Waals surface area contributed by atoms with Gasteiger partial charge in [0.15, 0.2) is 0 Å². The second-order valence-corrected chi connectivity index (χ2v) is 5.89. The van der Waals surface area contributed by atoms with Gasteiger partial charge in [-0.15, -0.1) is 11.3 Å². The highest BCUT2D eigenvalue weighted by Gasteiger charge is 2.38. The molecular weight excluding hydrogens is 262 g/mol. The van der Waals surface area contributed by atoms with Crippen molar-refractivity contribution in [3.8, 4) is 0 Å². The maximum Gasteiger partial charge on any atom is 0.246 e. The van der Waals surface area contributed by atoms with E-state index in [1.807, 2.05) is 19.2 Å². The first kappa shape index (κ1) is 14.0. The van der Waals surface area contributed by atoms with E-state index in [0.717, 1.165) is 5.69 Å². The van der Waals surface area contributed by atoms with Gasteiger partial charge in [0.25, 0.3) is 0 Å². The molecule has 5 nitrogen and oxygen atoms in total. The standard InChI is InChI=1S/C13H19N3O2S/c1-8(2)11-13(18)16(9(3)12(17)15-11)5-4-10-6-19-7-14-10/h6-9,11H,4-5H2,1-3H3,(H,15,17). The summed E-state index contributed by atoms with van der Waals surface area (Å²) in [5.41, 5.74) is 2.75. The fourth-order valence-corrected chi connectivity index (χ4v) is 2.79. The van der Waals surface area contributed by atoms with Crippen molar-refractivity contribution in [2.24, 2.45) is 5.92 Å². The molecule has 2 unspecified atom stereocenters. The molecule has 1 aromatic heterocycles. The number of rotatable bonds is 4. The third-order valence-electron chi connectivity index (χ3n) is 3.45. The van der Waals surface area contributed by atoms with Crippen molar-refractivity contribution < 1.29 is 9.59 Å². The summed E-state index contributed by atoms with van der Waals surface area (Å²) in [7, 11) is 0. The highest BCUT2D eigenvalue weighted by Crippen LogP contribution is 2.16. The molecule has 1 aliphatic rings. The van der Waals surface area contributed by atoms with E-state index in [-0.39, 0.29) is 17.7 Å². The van der Waals surface area contributed by atoms with E-state index in [4.69, 9.17) is 0 Å². The van der Waals surface area contributed by atoms with Crippen LogP contribution in [-0.4, -0.2) is 40.3 Å². The topological polar surface area (TPSA) is 62.3 Å². The van der Waals surface area contributed by atoms with E-state index in [1.54, 1.807) is 17.3 Å². The minimum Gasteiger partial charge on any atom is -0.342 e. The van der Waals surface area contributed by atoms with Gasteiger partial charge in [0, 0.05) is 18.3 Å². The van der Waals surface area contributed by atoms with Crippen LogP contribution >= 0.6 is 11.3 Å². The Bertz CT molecular complexity index is 458. The molecule has 1 fully saturated rings. The van der Waals surface area contributed by atoms with Crippen molar-refractivity contribution in [3.05, 3.63) is 16.6 Å². The fourth-order valence-electron chi connectivity index (χ4n) is 2.20. The van der Waals surface area contributed by atoms with Gasteiger partial charge < -0.3 is 10.2 Å². The lowest BCUT2D eigenvalue weighted by Gasteiger charge is -2.38. The van der Waals surface area contributed by atoms with Crippen LogP contribution in [0.4, 0.5) is 0 Å². The maximum atomic E-state index is 12.4. The first-order valence-electron chi connectivity index (χ1n) is 6.48. The molecular formula is C13H19N3O2S. The molecule has 0 aromatic carbocycles. The minimum atomic E-state index is -0.404. The summed E-state index contributed by atoms with van der Waals surface area (Å²) in [6.45, 7) is 6.19. The van der Waals surface area contributed by atoms with Crippen molar-refractivity contribution in [2.45, 2.75) is 39.3 Å². The molecule has 0 spiro atoms. The zero-order chi connectivity index (χ0) is 14.0. The minimum absolute atomic E-state index is 0.0114. The molecule has 19 heavy (non-hydrogen) atoms. The van der Waals surface area contributed by atoms with Crippen LogP contribution in [0.3, 0.4) is 0 Å². The number of hydrogen-bond acceptors (Lipinski definition) is 4. The largest absolute Gasteiger partial charge is 0.342 e. The summed E-state index contributed by atoms with van der Waals surface area (Å²) >= 11 is 1.54. The van der Waals surface area contributed by atoms with Gasteiger partial charge in [-0.05, 0) is 12.8 Å². The number of piperazine rings is 1. The molecule has 1 N–H and O–H groups in total. The van der Waals surface area contributed by atoms with E-state index in [0.29, 0.717) is 13.0 Å². The Morgan fingerprint density at radius 1 is 1.47 bits per heavy atom. The molecule has 0 bridgehead atoms. The molecule has 2 atom stereocenters. The van der Waals surface area contributed by atoms with Crippen LogP contribution in [0.15, 0.2) is 10.9 Å². The third kappa shape index (κ3) is 2.94. The van der Waals surface area contributed by atoms with Gasteiger partial charge in [-0.2, -0.15) is 0 Å². The quantitative estimate of drug-likeness (QED) is 0.897. The Labute approximate surface area is 117 Å². The van der Waals surface area contributed by atoms with E-state index in [2.05, 4.69) is 10.3 Å². The monoisotopic (exact) mass is 281 g/mol. The van der Waals surface area contributed by atoms with Gasteiger partial charge in [0.2, 0.25) is 11.8 Å². The van der Waals surface area contributed by atoms with E-state index < -0.39 is 12.1 Å². The van der Waals surface area contributed by atoms with Crippen molar-refractivity contribution in [2.75, 3.05) is 6.54 Å². The molecule has 104 valence electrons. The normalized spacial score (nSPS) is 23.9. The number of hydrogen-bond donors (Lipinski definition) is 1. The van der Waals surface area contributed by atoms with Crippen LogP contribution in [0, 0.1) is 5.92 Å². The first-order valence-corrected chi connectivity index (χ1v) is 7.43. The molecule has 6 heteroatoms. The predicted octanol–water partition coefficient (Wildman–Crippen LogP) is 1.06. The van der Waals surface area contributed by atoms with E-state index in [1.165, 1.54) is 11.3 Å². The summed E-state index contributed by atoms with van der Waals surface area (Å²) in [4.78, 5) is 30.2. The molecule has 1 aromatic rings. The number of nitrogens with zero attached hydrogens (tertiary/aromatic N) is 2. The Kier molecular flexibility index (Phi) is 4.19. The first-order chi connectivity index (χ1) is 9.00. The number of thiazole rings is 1.